The lowest BCUT2D eigenvalue weighted by Crippen LogP contribution is -2.53. The molecule has 0 spiro atoms. The second-order valence-corrected chi connectivity index (χ2v) is 10.3. The fourth-order valence-corrected chi connectivity index (χ4v) is 5.11. The molecule has 4 nitrogen and oxygen atoms in total. The van der Waals surface area contributed by atoms with Gasteiger partial charge in [0.2, 0.25) is 11.8 Å². The van der Waals surface area contributed by atoms with E-state index < -0.39 is 6.04 Å². The van der Waals surface area contributed by atoms with Crippen LogP contribution in [0.4, 0.5) is 0 Å². The smallest absolute Gasteiger partial charge is 0.243 e. The third kappa shape index (κ3) is 7.44. The van der Waals surface area contributed by atoms with E-state index in [-0.39, 0.29) is 24.3 Å². The van der Waals surface area contributed by atoms with E-state index in [0.717, 1.165) is 47.9 Å². The van der Waals surface area contributed by atoms with E-state index in [2.05, 4.69) is 11.4 Å². The first-order chi connectivity index (χ1) is 17.5. The molecule has 0 heterocycles. The van der Waals surface area contributed by atoms with Gasteiger partial charge in [0.05, 0.1) is 6.42 Å². The maximum Gasteiger partial charge on any atom is 0.243 e. The number of carbonyl (C=O) groups is 2. The topological polar surface area (TPSA) is 49.4 Å². The first-order valence-corrected chi connectivity index (χ1v) is 13.3. The summed E-state index contributed by atoms with van der Waals surface area (Å²) in [6.45, 7) is 2.42. The maximum absolute atomic E-state index is 13.8. The minimum absolute atomic E-state index is 0.0668. The van der Waals surface area contributed by atoms with Gasteiger partial charge >= 0.3 is 0 Å². The van der Waals surface area contributed by atoms with Crippen molar-refractivity contribution in [2.45, 2.75) is 70.5 Å². The van der Waals surface area contributed by atoms with E-state index in [1.54, 1.807) is 17.0 Å². The van der Waals surface area contributed by atoms with E-state index in [1.165, 1.54) is 6.42 Å². The van der Waals surface area contributed by atoms with Gasteiger partial charge in [-0.3, -0.25) is 9.59 Å². The van der Waals surface area contributed by atoms with Gasteiger partial charge in [0.1, 0.15) is 6.04 Å². The second-order valence-electron chi connectivity index (χ2n) is 9.86. The van der Waals surface area contributed by atoms with Crippen LogP contribution in [0.1, 0.15) is 54.4 Å². The zero-order chi connectivity index (χ0) is 25.3. The number of hydrogen-bond acceptors (Lipinski definition) is 2. The van der Waals surface area contributed by atoms with Gasteiger partial charge < -0.3 is 10.2 Å². The van der Waals surface area contributed by atoms with Crippen molar-refractivity contribution in [1.29, 1.82) is 0 Å². The first-order valence-electron chi connectivity index (χ1n) is 12.9. The molecule has 0 unspecified atom stereocenters. The zero-order valence-corrected chi connectivity index (χ0v) is 21.7. The third-order valence-electron chi connectivity index (χ3n) is 6.93. The van der Waals surface area contributed by atoms with Crippen LogP contribution in [0.15, 0.2) is 78.9 Å². The van der Waals surface area contributed by atoms with Crippen molar-refractivity contribution in [3.63, 3.8) is 0 Å². The van der Waals surface area contributed by atoms with Crippen molar-refractivity contribution >= 4 is 23.4 Å². The average molecular weight is 503 g/mol. The summed E-state index contributed by atoms with van der Waals surface area (Å²) >= 11 is 6.06. The molecule has 1 atom stereocenters. The van der Waals surface area contributed by atoms with Crippen LogP contribution in [-0.4, -0.2) is 28.8 Å². The molecule has 0 bridgehead atoms. The number of carbonyl (C=O) groups excluding carboxylic acids is 2. The molecule has 4 rings (SSSR count). The molecule has 3 aromatic carbocycles. The fraction of sp³-hybridized carbons (Fsp3) is 0.355. The van der Waals surface area contributed by atoms with Crippen LogP contribution in [0.25, 0.3) is 0 Å². The number of hydrogen-bond donors (Lipinski definition) is 1. The Balaban J connectivity index is 1.65. The highest BCUT2D eigenvalue weighted by Crippen LogP contribution is 2.21. The zero-order valence-electron chi connectivity index (χ0n) is 21.0. The monoisotopic (exact) mass is 502 g/mol. The van der Waals surface area contributed by atoms with Crippen molar-refractivity contribution < 1.29 is 9.59 Å². The van der Waals surface area contributed by atoms with Crippen LogP contribution in [-0.2, 0) is 29.0 Å². The molecular weight excluding hydrogens is 468 g/mol. The Morgan fingerprint density at radius 2 is 1.58 bits per heavy atom. The van der Waals surface area contributed by atoms with Gasteiger partial charge in [-0.25, -0.2) is 0 Å². The summed E-state index contributed by atoms with van der Waals surface area (Å²) in [4.78, 5) is 29.4. The molecule has 1 saturated carbocycles. The largest absolute Gasteiger partial charge is 0.352 e. The average Bonchev–Trinajstić information content (AvgIpc) is 2.88. The molecule has 3 aromatic rings. The SMILES string of the molecule is Cc1cccc(CN(C(=O)Cc2ccc(Cl)cc2)[C@@H](Cc2ccccc2)C(=O)NC2CCCCC2)c1. The lowest BCUT2D eigenvalue weighted by molar-refractivity contribution is -0.141. The summed E-state index contributed by atoms with van der Waals surface area (Å²) in [6.07, 6.45) is 6.18. The van der Waals surface area contributed by atoms with Crippen LogP contribution >= 0.6 is 11.6 Å². The summed E-state index contributed by atoms with van der Waals surface area (Å²) in [5.74, 6) is -0.138. The number of rotatable bonds is 9. The predicted octanol–water partition coefficient (Wildman–Crippen LogP) is 6.28. The normalized spacial score (nSPS) is 14.7. The predicted molar refractivity (Wildman–Crippen MR) is 146 cm³/mol. The van der Waals surface area contributed by atoms with E-state index in [4.69, 9.17) is 11.6 Å². The number of nitrogens with zero attached hydrogens (tertiary/aromatic N) is 1. The fourth-order valence-electron chi connectivity index (χ4n) is 4.98. The van der Waals surface area contributed by atoms with Crippen molar-refractivity contribution in [3.05, 3.63) is 106 Å². The molecule has 0 saturated heterocycles. The molecule has 0 radical (unpaired) electrons. The number of halogens is 1. The molecule has 1 aliphatic rings. The number of benzene rings is 3. The molecule has 36 heavy (non-hydrogen) atoms. The molecule has 2 amide bonds. The summed E-state index contributed by atoms with van der Waals surface area (Å²) in [5, 5.41) is 3.93. The standard InChI is InChI=1S/C31H35ClN2O2/c1-23-9-8-12-26(19-23)22-34(30(35)21-25-15-17-27(32)18-16-25)29(20-24-10-4-2-5-11-24)31(36)33-28-13-6-3-7-14-28/h2,4-5,8-12,15-19,28-29H,3,6-7,13-14,20-22H2,1H3,(H,33,36)/t29-/m0/s1. The molecule has 0 aromatic heterocycles. The van der Waals surface area contributed by atoms with Gasteiger partial charge in [-0.05, 0) is 48.6 Å². The highest BCUT2D eigenvalue weighted by Gasteiger charge is 2.32. The van der Waals surface area contributed by atoms with Crippen LogP contribution in [0.5, 0.6) is 0 Å². The third-order valence-corrected chi connectivity index (χ3v) is 7.18. The first kappa shape index (κ1) is 26.0. The van der Waals surface area contributed by atoms with Gasteiger partial charge in [-0.15, -0.1) is 0 Å². The molecular formula is C31H35ClN2O2. The molecule has 0 aliphatic heterocycles. The van der Waals surface area contributed by atoms with Gasteiger partial charge in [0.25, 0.3) is 0 Å². The molecule has 1 N–H and O–H groups in total. The lowest BCUT2D eigenvalue weighted by Gasteiger charge is -2.33. The lowest BCUT2D eigenvalue weighted by atomic mass is 9.94. The molecule has 5 heteroatoms. The van der Waals surface area contributed by atoms with E-state index in [0.29, 0.717) is 18.0 Å². The number of amides is 2. The Morgan fingerprint density at radius 3 is 2.28 bits per heavy atom. The van der Waals surface area contributed by atoms with Crippen molar-refractivity contribution in [2.75, 3.05) is 0 Å². The maximum atomic E-state index is 13.8. The Kier molecular flexibility index (Phi) is 9.18. The van der Waals surface area contributed by atoms with Crippen molar-refractivity contribution in [2.24, 2.45) is 0 Å². The van der Waals surface area contributed by atoms with Crippen molar-refractivity contribution in [1.82, 2.24) is 10.2 Å². The van der Waals surface area contributed by atoms with Gasteiger partial charge in [-0.2, -0.15) is 0 Å². The van der Waals surface area contributed by atoms with E-state index >= 15 is 0 Å². The highest BCUT2D eigenvalue weighted by molar-refractivity contribution is 6.30. The molecule has 1 aliphatic carbocycles. The Hall–Kier alpha value is -3.11. The van der Waals surface area contributed by atoms with E-state index in [9.17, 15) is 9.59 Å². The summed E-state index contributed by atoms with van der Waals surface area (Å²) in [5.41, 5.74) is 4.06. The van der Waals surface area contributed by atoms with Gasteiger partial charge in [0, 0.05) is 24.0 Å². The Morgan fingerprint density at radius 1 is 0.889 bits per heavy atom. The quantitative estimate of drug-likeness (QED) is 0.374. The summed E-state index contributed by atoms with van der Waals surface area (Å²) < 4.78 is 0. The minimum Gasteiger partial charge on any atom is -0.352 e. The minimum atomic E-state index is -0.602. The Labute approximate surface area is 219 Å². The van der Waals surface area contributed by atoms with Crippen LogP contribution in [0, 0.1) is 6.92 Å². The second kappa shape index (κ2) is 12.7. The van der Waals surface area contributed by atoms with Gasteiger partial charge in [0.15, 0.2) is 0 Å². The van der Waals surface area contributed by atoms with Crippen LogP contribution in [0.3, 0.4) is 0 Å². The van der Waals surface area contributed by atoms with E-state index in [1.807, 2.05) is 67.6 Å². The molecule has 188 valence electrons. The highest BCUT2D eigenvalue weighted by atomic mass is 35.5. The Bertz CT molecular complexity index is 1140. The molecule has 1 fully saturated rings. The summed E-state index contributed by atoms with van der Waals surface area (Å²) in [6, 6.07) is 25.0. The number of nitrogens with one attached hydrogen (secondary N) is 1. The van der Waals surface area contributed by atoms with Crippen LogP contribution < -0.4 is 5.32 Å². The van der Waals surface area contributed by atoms with Crippen LogP contribution in [0.2, 0.25) is 5.02 Å². The summed E-state index contributed by atoms with van der Waals surface area (Å²) in [7, 11) is 0. The van der Waals surface area contributed by atoms with Gasteiger partial charge in [-0.1, -0.05) is 103 Å². The number of aryl methyl sites for hydroxylation is 1. The van der Waals surface area contributed by atoms with Crippen molar-refractivity contribution in [3.8, 4) is 0 Å².